The highest BCUT2D eigenvalue weighted by atomic mass is 35.5. The Morgan fingerprint density at radius 3 is 2.31 bits per heavy atom. The molecular formula is C24H13Cl2N3O6. The zero-order valence-corrected chi connectivity index (χ0v) is 19.0. The minimum atomic E-state index is -1.29. The maximum Gasteiger partial charge on any atom is 0.311 e. The van der Waals surface area contributed by atoms with Crippen molar-refractivity contribution in [2.75, 3.05) is 4.90 Å². The van der Waals surface area contributed by atoms with Gasteiger partial charge in [-0.25, -0.2) is 0 Å². The summed E-state index contributed by atoms with van der Waals surface area (Å²) < 4.78 is 0. The van der Waals surface area contributed by atoms with Gasteiger partial charge in [0, 0.05) is 17.3 Å². The first-order valence-electron chi connectivity index (χ1n) is 9.88. The Labute approximate surface area is 207 Å². The summed E-state index contributed by atoms with van der Waals surface area (Å²) in [5, 5.41) is 41.8. The maximum absolute atomic E-state index is 13.1. The molecule has 1 fully saturated rings. The summed E-state index contributed by atoms with van der Waals surface area (Å²) >= 11 is 12.0. The second-order valence-corrected chi connectivity index (χ2v) is 8.28. The summed E-state index contributed by atoms with van der Waals surface area (Å²) in [6, 6.07) is 13.9. The number of nitrogens with zero attached hydrogens (tertiary/aromatic N) is 3. The van der Waals surface area contributed by atoms with Crippen LogP contribution in [-0.4, -0.2) is 26.8 Å². The fourth-order valence-corrected chi connectivity index (χ4v) is 4.06. The van der Waals surface area contributed by atoms with Crippen LogP contribution in [-0.2, 0) is 9.59 Å². The van der Waals surface area contributed by atoms with Gasteiger partial charge in [0.05, 0.1) is 38.2 Å². The highest BCUT2D eigenvalue weighted by molar-refractivity contribution is 6.51. The van der Waals surface area contributed by atoms with Crippen molar-refractivity contribution in [3.05, 3.63) is 103 Å². The molecule has 0 aromatic heterocycles. The van der Waals surface area contributed by atoms with Gasteiger partial charge in [0.2, 0.25) is 0 Å². The van der Waals surface area contributed by atoms with Crippen LogP contribution in [0.1, 0.15) is 22.7 Å². The van der Waals surface area contributed by atoms with Crippen LogP contribution in [0.5, 0.6) is 5.75 Å². The van der Waals surface area contributed by atoms with Crippen LogP contribution < -0.4 is 4.90 Å². The number of rotatable bonds is 4. The van der Waals surface area contributed by atoms with E-state index in [1.165, 1.54) is 48.5 Å². The van der Waals surface area contributed by atoms with Crippen molar-refractivity contribution in [1.29, 1.82) is 5.26 Å². The zero-order chi connectivity index (χ0) is 25.4. The van der Waals surface area contributed by atoms with Crippen molar-refractivity contribution in [2.45, 2.75) is 6.04 Å². The maximum atomic E-state index is 13.1. The number of aliphatic hydroxyl groups is 1. The van der Waals surface area contributed by atoms with Crippen molar-refractivity contribution < 1.29 is 24.7 Å². The van der Waals surface area contributed by atoms with Crippen molar-refractivity contribution in [3.63, 3.8) is 0 Å². The fourth-order valence-electron chi connectivity index (χ4n) is 3.77. The normalized spacial score (nSPS) is 16.8. The van der Waals surface area contributed by atoms with Gasteiger partial charge in [-0.15, -0.1) is 0 Å². The number of benzene rings is 3. The predicted molar refractivity (Wildman–Crippen MR) is 127 cm³/mol. The monoisotopic (exact) mass is 509 g/mol. The lowest BCUT2D eigenvalue weighted by atomic mass is 9.94. The van der Waals surface area contributed by atoms with Crippen LogP contribution in [0.4, 0.5) is 11.4 Å². The van der Waals surface area contributed by atoms with Crippen molar-refractivity contribution in [1.82, 2.24) is 0 Å². The molecule has 1 heterocycles. The summed E-state index contributed by atoms with van der Waals surface area (Å²) in [6.07, 6.45) is 0. The third-order valence-electron chi connectivity index (χ3n) is 5.42. The summed E-state index contributed by atoms with van der Waals surface area (Å²) in [5.41, 5.74) is -0.312. The van der Waals surface area contributed by atoms with E-state index in [1.54, 1.807) is 0 Å². The molecule has 3 aromatic rings. The van der Waals surface area contributed by atoms with Crippen molar-refractivity contribution in [3.8, 4) is 11.8 Å². The summed E-state index contributed by atoms with van der Waals surface area (Å²) in [5.74, 6) is -3.23. The van der Waals surface area contributed by atoms with E-state index in [1.807, 2.05) is 6.07 Å². The number of hydrogen-bond donors (Lipinski definition) is 2. The van der Waals surface area contributed by atoms with Crippen molar-refractivity contribution in [2.24, 2.45) is 0 Å². The van der Waals surface area contributed by atoms with Crippen LogP contribution in [0.15, 0.2) is 66.2 Å². The van der Waals surface area contributed by atoms with Gasteiger partial charge in [0.15, 0.2) is 5.75 Å². The molecule has 0 saturated carbocycles. The van der Waals surface area contributed by atoms with Gasteiger partial charge in [-0.05, 0) is 54.1 Å². The van der Waals surface area contributed by atoms with E-state index < -0.39 is 39.9 Å². The first-order chi connectivity index (χ1) is 16.6. The molecule has 1 atom stereocenters. The molecular weight excluding hydrogens is 497 g/mol. The number of halogens is 2. The number of ketones is 1. The standard InChI is InChI=1S/C24H13Cl2N3O6/c25-16-7-3-14(9-17(16)26)22(31)20-21(13-4-8-19(30)18(10-13)29(34)35)28(24(33)23(20)32)15-5-1-12(11-27)2-6-15/h1-10,21,30-31H/b22-20-. The van der Waals surface area contributed by atoms with Crippen LogP contribution in [0, 0.1) is 21.4 Å². The Bertz CT molecular complexity index is 1480. The number of carbonyl (C=O) groups is 2. The minimum Gasteiger partial charge on any atom is -0.507 e. The van der Waals surface area contributed by atoms with E-state index in [4.69, 9.17) is 28.5 Å². The smallest absolute Gasteiger partial charge is 0.311 e. The van der Waals surface area contributed by atoms with E-state index in [2.05, 4.69) is 0 Å². The Balaban J connectivity index is 1.99. The lowest BCUT2D eigenvalue weighted by Crippen LogP contribution is -2.29. The molecule has 1 unspecified atom stereocenters. The van der Waals surface area contributed by atoms with Crippen LogP contribution in [0.3, 0.4) is 0 Å². The van der Waals surface area contributed by atoms with Crippen LogP contribution in [0.2, 0.25) is 10.0 Å². The average Bonchev–Trinajstić information content (AvgIpc) is 3.11. The van der Waals surface area contributed by atoms with E-state index in [0.29, 0.717) is 5.56 Å². The molecule has 35 heavy (non-hydrogen) atoms. The first-order valence-corrected chi connectivity index (χ1v) is 10.6. The molecule has 3 aromatic carbocycles. The van der Waals surface area contributed by atoms with Gasteiger partial charge in [0.1, 0.15) is 5.76 Å². The second-order valence-electron chi connectivity index (χ2n) is 7.46. The molecule has 1 aliphatic rings. The van der Waals surface area contributed by atoms with Crippen LogP contribution >= 0.6 is 23.2 Å². The SMILES string of the molecule is N#Cc1ccc(N2C(=O)C(=O)/C(=C(\O)c3ccc(Cl)c(Cl)c3)C2c2ccc(O)c([N+](=O)[O-])c2)cc1. The lowest BCUT2D eigenvalue weighted by Gasteiger charge is -2.25. The van der Waals surface area contributed by atoms with E-state index in [-0.39, 0.29) is 32.4 Å². The largest absolute Gasteiger partial charge is 0.507 e. The summed E-state index contributed by atoms with van der Waals surface area (Å²) in [4.78, 5) is 37.9. The molecule has 11 heteroatoms. The van der Waals surface area contributed by atoms with Crippen molar-refractivity contribution >= 4 is 52.0 Å². The Morgan fingerprint density at radius 2 is 1.71 bits per heavy atom. The zero-order valence-electron chi connectivity index (χ0n) is 17.5. The average molecular weight is 510 g/mol. The molecule has 1 aliphatic heterocycles. The number of aromatic hydroxyl groups is 1. The molecule has 9 nitrogen and oxygen atoms in total. The first kappa shape index (κ1) is 23.8. The Kier molecular flexibility index (Phi) is 6.18. The molecule has 1 saturated heterocycles. The Hall–Kier alpha value is -4.39. The number of nitriles is 1. The van der Waals surface area contributed by atoms with E-state index in [9.17, 15) is 29.9 Å². The topological polar surface area (TPSA) is 145 Å². The number of phenols is 1. The summed E-state index contributed by atoms with van der Waals surface area (Å²) in [7, 11) is 0. The number of nitro benzene ring substituents is 1. The number of Topliss-reactive ketones (excluding diaryl/α,β-unsaturated/α-hetero) is 1. The molecule has 0 bridgehead atoms. The van der Waals surface area contributed by atoms with E-state index in [0.717, 1.165) is 17.0 Å². The number of nitro groups is 1. The highest BCUT2D eigenvalue weighted by Crippen LogP contribution is 2.44. The molecule has 174 valence electrons. The number of amides is 1. The van der Waals surface area contributed by atoms with Gasteiger partial charge in [-0.2, -0.15) is 5.26 Å². The summed E-state index contributed by atoms with van der Waals surface area (Å²) in [6.45, 7) is 0. The quantitative estimate of drug-likeness (QED) is 0.163. The van der Waals surface area contributed by atoms with Gasteiger partial charge < -0.3 is 10.2 Å². The molecule has 1 amide bonds. The van der Waals surface area contributed by atoms with Gasteiger partial charge in [-0.3, -0.25) is 24.6 Å². The number of hydrogen-bond acceptors (Lipinski definition) is 7. The number of carbonyl (C=O) groups excluding carboxylic acids is 2. The third kappa shape index (κ3) is 4.17. The fraction of sp³-hybridized carbons (Fsp3) is 0.0417. The number of aliphatic hydroxyl groups excluding tert-OH is 1. The van der Waals surface area contributed by atoms with Gasteiger partial charge >= 0.3 is 5.69 Å². The van der Waals surface area contributed by atoms with Crippen LogP contribution in [0.25, 0.3) is 5.76 Å². The molecule has 0 spiro atoms. The molecule has 0 radical (unpaired) electrons. The molecule has 2 N–H and O–H groups in total. The molecule has 0 aliphatic carbocycles. The minimum absolute atomic E-state index is 0.0830. The molecule has 4 rings (SSSR count). The predicted octanol–water partition coefficient (Wildman–Crippen LogP) is 5.11. The highest BCUT2D eigenvalue weighted by Gasteiger charge is 2.47. The second kappa shape index (κ2) is 9.10. The van der Waals surface area contributed by atoms with E-state index >= 15 is 0 Å². The third-order valence-corrected chi connectivity index (χ3v) is 6.16. The van der Waals surface area contributed by atoms with Gasteiger partial charge in [-0.1, -0.05) is 29.3 Å². The Morgan fingerprint density at radius 1 is 1.03 bits per heavy atom. The van der Waals surface area contributed by atoms with Gasteiger partial charge in [0.25, 0.3) is 11.7 Å². The number of phenolic OH excluding ortho intramolecular Hbond substituents is 1. The number of anilines is 1. The lowest BCUT2D eigenvalue weighted by molar-refractivity contribution is -0.385.